The molecule has 3 nitrogen and oxygen atoms in total. The molecule has 0 aliphatic rings. The van der Waals surface area contributed by atoms with E-state index in [4.69, 9.17) is 4.74 Å². The second-order valence-electron chi connectivity index (χ2n) is 3.50. The number of hydrogen-bond donors (Lipinski definition) is 0. The Balaban J connectivity index is 0.00000256. The molecule has 1 aromatic carbocycles. The standard InChI is InChI=1S/C13H16O3.CH4/c1-2-4-13(15)11-5-7-12(8-6-11)16-10-3-9-14;/h5-9H,2-4,10H2,1H3;1H4. The van der Waals surface area contributed by atoms with Crippen LogP contribution in [0.15, 0.2) is 24.3 Å². The summed E-state index contributed by atoms with van der Waals surface area (Å²) >= 11 is 0. The fourth-order valence-corrected chi connectivity index (χ4v) is 1.33. The van der Waals surface area contributed by atoms with Crippen LogP contribution in [-0.4, -0.2) is 18.7 Å². The maximum Gasteiger partial charge on any atom is 0.162 e. The largest absolute Gasteiger partial charge is 0.493 e. The summed E-state index contributed by atoms with van der Waals surface area (Å²) in [6.07, 6.45) is 2.64. The number of carbonyl (C=O) groups excluding carboxylic acids is 2. The van der Waals surface area contributed by atoms with Crippen LogP contribution in [0.1, 0.15) is 44.0 Å². The first-order valence-electron chi connectivity index (χ1n) is 5.47. The summed E-state index contributed by atoms with van der Waals surface area (Å²) in [4.78, 5) is 21.6. The van der Waals surface area contributed by atoms with Crippen LogP contribution in [0.2, 0.25) is 0 Å². The quantitative estimate of drug-likeness (QED) is 0.414. The van der Waals surface area contributed by atoms with Crippen LogP contribution >= 0.6 is 0 Å². The Bertz CT molecular complexity index is 341. The lowest BCUT2D eigenvalue weighted by atomic mass is 10.1. The molecular formula is C14H20O3. The smallest absolute Gasteiger partial charge is 0.162 e. The predicted molar refractivity (Wildman–Crippen MR) is 68.6 cm³/mol. The van der Waals surface area contributed by atoms with E-state index in [0.717, 1.165) is 12.7 Å². The number of benzene rings is 1. The second kappa shape index (κ2) is 8.50. The third-order valence-electron chi connectivity index (χ3n) is 2.16. The number of rotatable bonds is 7. The molecule has 17 heavy (non-hydrogen) atoms. The van der Waals surface area contributed by atoms with E-state index in [1.165, 1.54) is 0 Å². The molecule has 0 radical (unpaired) electrons. The molecule has 0 spiro atoms. The van der Waals surface area contributed by atoms with Crippen molar-refractivity contribution in [3.8, 4) is 5.75 Å². The van der Waals surface area contributed by atoms with E-state index in [0.29, 0.717) is 30.8 Å². The van der Waals surface area contributed by atoms with E-state index >= 15 is 0 Å². The molecule has 0 unspecified atom stereocenters. The number of aldehydes is 1. The van der Waals surface area contributed by atoms with Crippen LogP contribution < -0.4 is 4.74 Å². The van der Waals surface area contributed by atoms with E-state index in [1.54, 1.807) is 24.3 Å². The van der Waals surface area contributed by atoms with Gasteiger partial charge < -0.3 is 9.53 Å². The maximum atomic E-state index is 11.5. The van der Waals surface area contributed by atoms with Gasteiger partial charge >= 0.3 is 0 Å². The number of ketones is 1. The average Bonchev–Trinajstić information content (AvgIpc) is 2.30. The zero-order chi connectivity index (χ0) is 11.8. The zero-order valence-electron chi connectivity index (χ0n) is 9.44. The first-order chi connectivity index (χ1) is 7.77. The normalized spacial score (nSPS) is 9.24. The molecule has 0 heterocycles. The average molecular weight is 236 g/mol. The Morgan fingerprint density at radius 3 is 2.47 bits per heavy atom. The van der Waals surface area contributed by atoms with Crippen molar-refractivity contribution in [3.63, 3.8) is 0 Å². The second-order valence-corrected chi connectivity index (χ2v) is 3.50. The Kier molecular flexibility index (Phi) is 7.68. The lowest BCUT2D eigenvalue weighted by Gasteiger charge is -2.04. The molecule has 0 N–H and O–H groups in total. The number of carbonyl (C=O) groups is 2. The first-order valence-corrected chi connectivity index (χ1v) is 5.47. The summed E-state index contributed by atoms with van der Waals surface area (Å²) in [5, 5.41) is 0. The van der Waals surface area contributed by atoms with Crippen LogP contribution in [0.4, 0.5) is 0 Å². The fourth-order valence-electron chi connectivity index (χ4n) is 1.33. The zero-order valence-corrected chi connectivity index (χ0v) is 9.44. The van der Waals surface area contributed by atoms with Gasteiger partial charge in [0, 0.05) is 18.4 Å². The minimum Gasteiger partial charge on any atom is -0.493 e. The molecule has 0 fully saturated rings. The molecule has 0 saturated heterocycles. The van der Waals surface area contributed by atoms with Gasteiger partial charge in [-0.2, -0.15) is 0 Å². The number of ether oxygens (including phenoxy) is 1. The van der Waals surface area contributed by atoms with Crippen molar-refractivity contribution in [2.75, 3.05) is 6.61 Å². The van der Waals surface area contributed by atoms with Gasteiger partial charge in [-0.15, -0.1) is 0 Å². The Labute approximate surface area is 103 Å². The highest BCUT2D eigenvalue weighted by Gasteiger charge is 2.04. The van der Waals surface area contributed by atoms with E-state index in [1.807, 2.05) is 6.92 Å². The van der Waals surface area contributed by atoms with Crippen molar-refractivity contribution in [1.29, 1.82) is 0 Å². The van der Waals surface area contributed by atoms with Gasteiger partial charge in [0.25, 0.3) is 0 Å². The molecule has 0 saturated carbocycles. The summed E-state index contributed by atoms with van der Waals surface area (Å²) in [6.45, 7) is 2.36. The molecule has 94 valence electrons. The van der Waals surface area contributed by atoms with Gasteiger partial charge in [-0.3, -0.25) is 4.79 Å². The van der Waals surface area contributed by atoms with Crippen molar-refractivity contribution in [2.24, 2.45) is 0 Å². The molecule has 0 aromatic heterocycles. The molecule has 0 amide bonds. The van der Waals surface area contributed by atoms with Gasteiger partial charge in [0.1, 0.15) is 12.0 Å². The third-order valence-corrected chi connectivity index (χ3v) is 2.16. The van der Waals surface area contributed by atoms with Gasteiger partial charge in [-0.05, 0) is 30.7 Å². The van der Waals surface area contributed by atoms with E-state index < -0.39 is 0 Å². The highest BCUT2D eigenvalue weighted by Crippen LogP contribution is 2.14. The molecule has 0 bridgehead atoms. The highest BCUT2D eigenvalue weighted by atomic mass is 16.5. The van der Waals surface area contributed by atoms with E-state index in [9.17, 15) is 9.59 Å². The lowest BCUT2D eigenvalue weighted by molar-refractivity contribution is -0.108. The maximum absolute atomic E-state index is 11.5. The molecular weight excluding hydrogens is 216 g/mol. The van der Waals surface area contributed by atoms with E-state index in [2.05, 4.69) is 0 Å². The minimum absolute atomic E-state index is 0. The summed E-state index contributed by atoms with van der Waals surface area (Å²) in [5.41, 5.74) is 0.713. The highest BCUT2D eigenvalue weighted by molar-refractivity contribution is 5.96. The Morgan fingerprint density at radius 1 is 1.29 bits per heavy atom. The van der Waals surface area contributed by atoms with Gasteiger partial charge in [0.2, 0.25) is 0 Å². The van der Waals surface area contributed by atoms with Crippen molar-refractivity contribution in [3.05, 3.63) is 29.8 Å². The van der Waals surface area contributed by atoms with E-state index in [-0.39, 0.29) is 13.2 Å². The van der Waals surface area contributed by atoms with Crippen molar-refractivity contribution in [1.82, 2.24) is 0 Å². The lowest BCUT2D eigenvalue weighted by Crippen LogP contribution is -2.00. The van der Waals surface area contributed by atoms with Gasteiger partial charge in [-0.1, -0.05) is 14.4 Å². The summed E-state index contributed by atoms with van der Waals surface area (Å²) in [6, 6.07) is 7.03. The summed E-state index contributed by atoms with van der Waals surface area (Å²) < 4.78 is 5.30. The fraction of sp³-hybridized carbons (Fsp3) is 0.429. The summed E-state index contributed by atoms with van der Waals surface area (Å²) in [7, 11) is 0. The number of Topliss-reactive ketones (excluding diaryl/α,β-unsaturated/α-hetero) is 1. The van der Waals surface area contributed by atoms with Gasteiger partial charge in [-0.25, -0.2) is 0 Å². The van der Waals surface area contributed by atoms with Gasteiger partial charge in [0.05, 0.1) is 6.61 Å². The molecule has 0 aliphatic carbocycles. The molecule has 0 atom stereocenters. The van der Waals surface area contributed by atoms with Crippen LogP contribution in [-0.2, 0) is 4.79 Å². The molecule has 1 aromatic rings. The molecule has 1 rings (SSSR count). The van der Waals surface area contributed by atoms with Crippen LogP contribution in [0.3, 0.4) is 0 Å². The third kappa shape index (κ3) is 5.29. The summed E-state index contributed by atoms with van der Waals surface area (Å²) in [5.74, 6) is 0.844. The van der Waals surface area contributed by atoms with Crippen LogP contribution in [0.5, 0.6) is 5.75 Å². The SMILES string of the molecule is C.CCCC(=O)c1ccc(OCCC=O)cc1. The number of hydrogen-bond acceptors (Lipinski definition) is 3. The van der Waals surface area contributed by atoms with Crippen molar-refractivity contribution >= 4 is 12.1 Å². The van der Waals surface area contributed by atoms with Gasteiger partial charge in [0.15, 0.2) is 5.78 Å². The van der Waals surface area contributed by atoms with Crippen LogP contribution in [0, 0.1) is 0 Å². The molecule has 3 heteroatoms. The predicted octanol–water partition coefficient (Wildman–Crippen LogP) is 3.27. The topological polar surface area (TPSA) is 43.4 Å². The molecule has 0 aliphatic heterocycles. The minimum atomic E-state index is 0. The van der Waals surface area contributed by atoms with Crippen molar-refractivity contribution < 1.29 is 14.3 Å². The van der Waals surface area contributed by atoms with Crippen LogP contribution in [0.25, 0.3) is 0 Å². The Morgan fingerprint density at radius 2 is 1.94 bits per heavy atom. The monoisotopic (exact) mass is 236 g/mol. The Hall–Kier alpha value is -1.64. The van der Waals surface area contributed by atoms with Crippen molar-refractivity contribution in [2.45, 2.75) is 33.6 Å². The first kappa shape index (κ1) is 15.4.